The number of likely N-dealkylation sites (tertiary alicyclic amines) is 1. The highest BCUT2D eigenvalue weighted by molar-refractivity contribution is 7.08. The molecule has 4 heterocycles. The summed E-state index contributed by atoms with van der Waals surface area (Å²) in [5.74, 6) is 1.21. The van der Waals surface area contributed by atoms with E-state index >= 15 is 0 Å². The number of fused-ring (bicyclic) bond motifs is 1. The fraction of sp³-hybridized carbons (Fsp3) is 0.278. The highest BCUT2D eigenvalue weighted by atomic mass is 32.1. The Balaban J connectivity index is 1.35. The lowest BCUT2D eigenvalue weighted by atomic mass is 9.97. The summed E-state index contributed by atoms with van der Waals surface area (Å²) >= 11 is 2.75. The molecule has 0 saturated carbocycles. The van der Waals surface area contributed by atoms with Gasteiger partial charge in [0, 0.05) is 29.6 Å². The van der Waals surface area contributed by atoms with E-state index in [0.717, 1.165) is 47.7 Å². The van der Waals surface area contributed by atoms with Gasteiger partial charge < -0.3 is 9.32 Å². The summed E-state index contributed by atoms with van der Waals surface area (Å²) in [6.45, 7) is 1.31. The fourth-order valence-corrected chi connectivity index (χ4v) is 4.51. The first kappa shape index (κ1) is 16.5. The second kappa shape index (κ2) is 6.82. The van der Waals surface area contributed by atoms with Crippen LogP contribution < -0.4 is 0 Å². The number of aromatic nitrogens is 4. The van der Waals surface area contributed by atoms with Crippen molar-refractivity contribution in [1.82, 2.24) is 23.8 Å². The number of rotatable bonds is 3. The third kappa shape index (κ3) is 3.13. The van der Waals surface area contributed by atoms with Crippen LogP contribution in [-0.2, 0) is 0 Å². The van der Waals surface area contributed by atoms with Gasteiger partial charge in [-0.3, -0.25) is 4.79 Å². The monoisotopic (exact) mass is 397 g/mol. The molecule has 5 rings (SSSR count). The van der Waals surface area contributed by atoms with Crippen molar-refractivity contribution in [2.45, 2.75) is 18.8 Å². The van der Waals surface area contributed by atoms with E-state index in [-0.39, 0.29) is 11.8 Å². The van der Waals surface area contributed by atoms with Crippen LogP contribution in [0.2, 0.25) is 0 Å². The lowest BCUT2D eigenvalue weighted by molar-refractivity contribution is 0.0698. The second-order valence-electron chi connectivity index (χ2n) is 6.52. The van der Waals surface area contributed by atoms with Crippen LogP contribution in [0.15, 0.2) is 39.4 Å². The first-order valence-corrected chi connectivity index (χ1v) is 10.3. The van der Waals surface area contributed by atoms with Crippen LogP contribution in [0, 0.1) is 0 Å². The molecule has 7 nitrogen and oxygen atoms in total. The molecular formula is C18H15N5O2S2. The number of piperidine rings is 1. The summed E-state index contributed by atoms with van der Waals surface area (Å²) < 4.78 is 14.3. The molecule has 3 aromatic heterocycles. The largest absolute Gasteiger partial charge is 0.420 e. The summed E-state index contributed by atoms with van der Waals surface area (Å²) in [5, 5.41) is 12.4. The van der Waals surface area contributed by atoms with Gasteiger partial charge in [0.05, 0.1) is 17.6 Å². The topological polar surface area (TPSA) is 85.0 Å². The molecule has 0 bridgehead atoms. The van der Waals surface area contributed by atoms with Gasteiger partial charge in [-0.05, 0) is 42.5 Å². The summed E-state index contributed by atoms with van der Waals surface area (Å²) in [5.41, 5.74) is 3.16. The van der Waals surface area contributed by atoms with Crippen LogP contribution in [0.5, 0.6) is 0 Å². The zero-order valence-corrected chi connectivity index (χ0v) is 15.9. The van der Waals surface area contributed by atoms with E-state index in [0.29, 0.717) is 23.9 Å². The van der Waals surface area contributed by atoms with Crippen LogP contribution in [-0.4, -0.2) is 42.8 Å². The molecule has 0 spiro atoms. The average molecular weight is 397 g/mol. The number of hydrogen-bond donors (Lipinski definition) is 0. The lowest BCUT2D eigenvalue weighted by Crippen LogP contribution is -2.39. The lowest BCUT2D eigenvalue weighted by Gasteiger charge is -2.31. The molecule has 4 aromatic rings. The van der Waals surface area contributed by atoms with Gasteiger partial charge in [-0.1, -0.05) is 0 Å². The van der Waals surface area contributed by atoms with Crippen molar-refractivity contribution in [2.75, 3.05) is 13.1 Å². The molecule has 1 aliphatic heterocycles. The van der Waals surface area contributed by atoms with E-state index in [2.05, 4.69) is 18.9 Å². The predicted octanol–water partition coefficient (Wildman–Crippen LogP) is 3.82. The normalized spacial score (nSPS) is 17.5. The maximum Gasteiger partial charge on any atom is 0.253 e. The van der Waals surface area contributed by atoms with Crippen LogP contribution in [0.4, 0.5) is 0 Å². The minimum atomic E-state index is 0.00664. The third-order valence-corrected chi connectivity index (χ3v) is 6.01. The number of amides is 1. The zero-order valence-electron chi connectivity index (χ0n) is 14.2. The van der Waals surface area contributed by atoms with Gasteiger partial charge >= 0.3 is 0 Å². The van der Waals surface area contributed by atoms with Crippen LogP contribution in [0.3, 0.4) is 0 Å². The van der Waals surface area contributed by atoms with Crippen molar-refractivity contribution in [3.8, 4) is 11.5 Å². The Morgan fingerprint density at radius 2 is 2.11 bits per heavy atom. The maximum atomic E-state index is 13.0. The molecule has 0 aliphatic carbocycles. The highest BCUT2D eigenvalue weighted by Gasteiger charge is 2.29. The van der Waals surface area contributed by atoms with E-state index in [9.17, 15) is 4.79 Å². The smallest absolute Gasteiger partial charge is 0.253 e. The van der Waals surface area contributed by atoms with E-state index in [4.69, 9.17) is 4.42 Å². The number of thiophene rings is 1. The van der Waals surface area contributed by atoms with E-state index in [1.807, 2.05) is 39.9 Å². The molecule has 27 heavy (non-hydrogen) atoms. The number of carbonyl (C=O) groups is 1. The van der Waals surface area contributed by atoms with Gasteiger partial charge in [-0.25, -0.2) is 0 Å². The van der Waals surface area contributed by atoms with Crippen molar-refractivity contribution in [3.05, 3.63) is 46.5 Å². The number of nitrogens with zero attached hydrogens (tertiary/aromatic N) is 5. The molecule has 1 fully saturated rings. The summed E-state index contributed by atoms with van der Waals surface area (Å²) in [6, 6.07) is 7.43. The Hall–Kier alpha value is -2.65. The van der Waals surface area contributed by atoms with Gasteiger partial charge in [0.15, 0.2) is 0 Å². The van der Waals surface area contributed by atoms with Crippen molar-refractivity contribution < 1.29 is 9.21 Å². The molecule has 136 valence electrons. The SMILES string of the molecule is O=C(c1ccc2nsnc2c1)N1CCCC(c2nnc(-c3ccsc3)o2)C1. The minimum Gasteiger partial charge on any atom is -0.420 e. The van der Waals surface area contributed by atoms with Gasteiger partial charge in [0.1, 0.15) is 11.0 Å². The molecule has 9 heteroatoms. The van der Waals surface area contributed by atoms with E-state index in [1.165, 1.54) is 0 Å². The summed E-state index contributed by atoms with van der Waals surface area (Å²) in [7, 11) is 0. The van der Waals surface area contributed by atoms with Crippen molar-refractivity contribution in [1.29, 1.82) is 0 Å². The Labute approximate surface area is 163 Å². The van der Waals surface area contributed by atoms with Crippen molar-refractivity contribution in [2.24, 2.45) is 0 Å². The maximum absolute atomic E-state index is 13.0. The van der Waals surface area contributed by atoms with Gasteiger partial charge in [0.25, 0.3) is 5.91 Å². The van der Waals surface area contributed by atoms with Crippen LogP contribution in [0.25, 0.3) is 22.5 Å². The number of benzene rings is 1. The summed E-state index contributed by atoms with van der Waals surface area (Å²) in [4.78, 5) is 14.8. The molecule has 1 aliphatic rings. The number of carbonyl (C=O) groups excluding carboxylic acids is 1. The molecule has 1 atom stereocenters. The Morgan fingerprint density at radius 3 is 3.00 bits per heavy atom. The summed E-state index contributed by atoms with van der Waals surface area (Å²) in [6.07, 6.45) is 1.84. The molecular weight excluding hydrogens is 382 g/mol. The molecule has 1 aromatic carbocycles. The standard InChI is InChI=1S/C18H15N5O2S2/c24-18(11-3-4-14-15(8-11)22-27-21-14)23-6-1-2-12(9-23)16-19-20-17(25-16)13-5-7-26-10-13/h3-5,7-8,10,12H,1-2,6,9H2. The Morgan fingerprint density at radius 1 is 1.19 bits per heavy atom. The van der Waals surface area contributed by atoms with Gasteiger partial charge in [-0.2, -0.15) is 20.1 Å². The first-order chi connectivity index (χ1) is 13.3. The van der Waals surface area contributed by atoms with Crippen molar-refractivity contribution >= 4 is 40.0 Å². The highest BCUT2D eigenvalue weighted by Crippen LogP contribution is 2.30. The third-order valence-electron chi connectivity index (χ3n) is 4.77. The van der Waals surface area contributed by atoms with Crippen molar-refractivity contribution in [3.63, 3.8) is 0 Å². The average Bonchev–Trinajstić information content (AvgIpc) is 3.47. The van der Waals surface area contributed by atoms with Crippen LogP contribution in [0.1, 0.15) is 35.0 Å². The second-order valence-corrected chi connectivity index (χ2v) is 7.82. The van der Waals surface area contributed by atoms with Gasteiger partial charge in [-0.15, -0.1) is 10.2 Å². The number of hydrogen-bond acceptors (Lipinski definition) is 8. The molecule has 1 amide bonds. The van der Waals surface area contributed by atoms with Crippen LogP contribution >= 0.6 is 23.1 Å². The Kier molecular flexibility index (Phi) is 4.17. The molecule has 0 radical (unpaired) electrons. The van der Waals surface area contributed by atoms with Gasteiger partial charge in [0.2, 0.25) is 11.8 Å². The molecule has 0 N–H and O–H groups in total. The Bertz CT molecular complexity index is 1090. The first-order valence-electron chi connectivity index (χ1n) is 8.65. The predicted molar refractivity (Wildman–Crippen MR) is 103 cm³/mol. The van der Waals surface area contributed by atoms with E-state index < -0.39 is 0 Å². The quantitative estimate of drug-likeness (QED) is 0.522. The zero-order chi connectivity index (χ0) is 18.2. The fourth-order valence-electron chi connectivity index (χ4n) is 3.36. The van der Waals surface area contributed by atoms with E-state index in [1.54, 1.807) is 11.3 Å². The minimum absolute atomic E-state index is 0.00664. The molecule has 1 saturated heterocycles. The molecule has 1 unspecified atom stereocenters.